The highest BCUT2D eigenvalue weighted by molar-refractivity contribution is 8.14. The van der Waals surface area contributed by atoms with E-state index in [9.17, 15) is 4.79 Å². The standard InChI is InChI=1S/C13H28NO2PS/c1-6-16-13(15)7-14-10-17(18,8-11(2)3)9-12(4)5/h11-12,14H,6-10H2,1-5H3. The number of hydrogen-bond acceptors (Lipinski definition) is 4. The summed E-state index contributed by atoms with van der Waals surface area (Å²) in [5.41, 5.74) is 0. The van der Waals surface area contributed by atoms with Gasteiger partial charge in [0.2, 0.25) is 0 Å². The van der Waals surface area contributed by atoms with Gasteiger partial charge in [-0.05, 0) is 37.1 Å². The fourth-order valence-corrected chi connectivity index (χ4v) is 7.76. The highest BCUT2D eigenvalue weighted by Gasteiger charge is 2.20. The summed E-state index contributed by atoms with van der Waals surface area (Å²) in [4.78, 5) is 11.3. The quantitative estimate of drug-likeness (QED) is 0.524. The molecule has 0 fully saturated rings. The molecule has 108 valence electrons. The number of rotatable bonds is 9. The number of carbonyl (C=O) groups excluding carboxylic acids is 1. The lowest BCUT2D eigenvalue weighted by molar-refractivity contribution is -0.141. The predicted molar refractivity (Wildman–Crippen MR) is 83.2 cm³/mol. The molecule has 0 aromatic rings. The predicted octanol–water partition coefficient (Wildman–Crippen LogP) is 2.89. The fourth-order valence-electron chi connectivity index (χ4n) is 2.11. The lowest BCUT2D eigenvalue weighted by atomic mass is 10.3. The van der Waals surface area contributed by atoms with Crippen LogP contribution in [0.5, 0.6) is 0 Å². The van der Waals surface area contributed by atoms with Crippen LogP contribution in [-0.2, 0) is 21.3 Å². The minimum absolute atomic E-state index is 0.187. The molecule has 18 heavy (non-hydrogen) atoms. The van der Waals surface area contributed by atoms with Crippen LogP contribution in [-0.4, -0.2) is 37.7 Å². The highest BCUT2D eigenvalue weighted by Crippen LogP contribution is 2.48. The Morgan fingerprint density at radius 2 is 1.72 bits per heavy atom. The van der Waals surface area contributed by atoms with Crippen molar-refractivity contribution in [2.75, 3.05) is 31.8 Å². The molecule has 0 aromatic heterocycles. The molecule has 5 heteroatoms. The second kappa shape index (κ2) is 9.06. The van der Waals surface area contributed by atoms with E-state index in [1.807, 2.05) is 6.92 Å². The van der Waals surface area contributed by atoms with Crippen LogP contribution in [0.2, 0.25) is 0 Å². The van der Waals surface area contributed by atoms with Gasteiger partial charge in [-0.1, -0.05) is 39.5 Å². The maximum atomic E-state index is 11.3. The second-order valence-corrected chi connectivity index (χ2v) is 11.1. The Morgan fingerprint density at radius 3 is 2.11 bits per heavy atom. The Labute approximate surface area is 117 Å². The van der Waals surface area contributed by atoms with E-state index in [4.69, 9.17) is 16.5 Å². The van der Waals surface area contributed by atoms with Crippen LogP contribution < -0.4 is 5.32 Å². The topological polar surface area (TPSA) is 38.3 Å². The molecule has 0 saturated heterocycles. The molecule has 0 aliphatic heterocycles. The third-order valence-electron chi connectivity index (χ3n) is 2.37. The zero-order valence-corrected chi connectivity index (χ0v) is 14.1. The molecule has 0 aromatic carbocycles. The van der Waals surface area contributed by atoms with Gasteiger partial charge in [-0.15, -0.1) is 0 Å². The van der Waals surface area contributed by atoms with Gasteiger partial charge in [0.05, 0.1) is 13.2 Å². The molecule has 0 aliphatic rings. The Bertz CT molecular complexity index is 279. The maximum Gasteiger partial charge on any atom is 0.319 e. The summed E-state index contributed by atoms with van der Waals surface area (Å²) in [6, 6.07) is -1.39. The van der Waals surface area contributed by atoms with E-state index in [1.54, 1.807) is 0 Å². The van der Waals surface area contributed by atoms with Crippen LogP contribution in [0, 0.1) is 11.8 Å². The molecular weight excluding hydrogens is 265 g/mol. The molecule has 0 unspecified atom stereocenters. The molecule has 0 saturated carbocycles. The molecule has 0 rings (SSSR count). The normalized spacial score (nSPS) is 12.2. The van der Waals surface area contributed by atoms with E-state index in [0.717, 1.165) is 18.6 Å². The molecular formula is C13H28NO2PS. The molecule has 0 heterocycles. The highest BCUT2D eigenvalue weighted by atomic mass is 32.4. The van der Waals surface area contributed by atoms with Gasteiger partial charge in [0.15, 0.2) is 0 Å². The average molecular weight is 293 g/mol. The van der Waals surface area contributed by atoms with Gasteiger partial charge in [-0.3, -0.25) is 4.79 Å². The molecule has 0 radical (unpaired) electrons. The van der Waals surface area contributed by atoms with Crippen LogP contribution in [0.25, 0.3) is 0 Å². The molecule has 0 bridgehead atoms. The lowest BCUT2D eigenvalue weighted by Crippen LogP contribution is -2.27. The lowest BCUT2D eigenvalue weighted by Gasteiger charge is -2.26. The van der Waals surface area contributed by atoms with Crippen molar-refractivity contribution < 1.29 is 9.53 Å². The van der Waals surface area contributed by atoms with Crippen LogP contribution >= 0.6 is 6.04 Å². The number of nitrogens with one attached hydrogen (secondary N) is 1. The van der Waals surface area contributed by atoms with Gasteiger partial charge in [-0.2, -0.15) is 0 Å². The minimum Gasteiger partial charge on any atom is -0.465 e. The number of hydrogen-bond donors (Lipinski definition) is 1. The van der Waals surface area contributed by atoms with Crippen molar-refractivity contribution >= 4 is 23.8 Å². The van der Waals surface area contributed by atoms with E-state index < -0.39 is 6.04 Å². The molecule has 0 atom stereocenters. The Kier molecular flexibility index (Phi) is 9.10. The largest absolute Gasteiger partial charge is 0.465 e. The van der Waals surface area contributed by atoms with E-state index in [1.165, 1.54) is 0 Å². The van der Waals surface area contributed by atoms with Crippen molar-refractivity contribution in [1.29, 1.82) is 0 Å². The monoisotopic (exact) mass is 293 g/mol. The third-order valence-corrected chi connectivity index (χ3v) is 7.24. The SMILES string of the molecule is CCOC(=O)CNCP(=S)(CC(C)C)CC(C)C. The van der Waals surface area contributed by atoms with Crippen LogP contribution in [0.4, 0.5) is 0 Å². The van der Waals surface area contributed by atoms with Crippen LogP contribution in [0.3, 0.4) is 0 Å². The van der Waals surface area contributed by atoms with Crippen molar-refractivity contribution in [3.63, 3.8) is 0 Å². The van der Waals surface area contributed by atoms with Gasteiger partial charge in [-0.25, -0.2) is 0 Å². The number of esters is 1. The first-order valence-corrected chi connectivity index (χ1v) is 10.1. The summed E-state index contributed by atoms with van der Waals surface area (Å²) in [5.74, 6) is 1.06. The Hall–Kier alpha value is 0.0800. The van der Waals surface area contributed by atoms with Crippen LogP contribution in [0.1, 0.15) is 34.6 Å². The van der Waals surface area contributed by atoms with E-state index >= 15 is 0 Å². The third kappa shape index (κ3) is 9.07. The van der Waals surface area contributed by atoms with Crippen molar-refractivity contribution in [2.24, 2.45) is 11.8 Å². The smallest absolute Gasteiger partial charge is 0.319 e. The van der Waals surface area contributed by atoms with E-state index in [-0.39, 0.29) is 12.5 Å². The van der Waals surface area contributed by atoms with Gasteiger partial charge in [0.1, 0.15) is 0 Å². The summed E-state index contributed by atoms with van der Waals surface area (Å²) in [7, 11) is 0. The second-order valence-electron chi connectivity index (χ2n) is 5.60. The summed E-state index contributed by atoms with van der Waals surface area (Å²) < 4.78 is 4.90. The zero-order valence-electron chi connectivity index (χ0n) is 12.4. The van der Waals surface area contributed by atoms with Crippen LogP contribution in [0.15, 0.2) is 0 Å². The Morgan fingerprint density at radius 1 is 1.22 bits per heavy atom. The summed E-state index contributed by atoms with van der Waals surface area (Å²) >= 11 is 5.87. The summed E-state index contributed by atoms with van der Waals surface area (Å²) in [5, 5.41) is 3.19. The first-order valence-electron chi connectivity index (χ1n) is 6.72. The van der Waals surface area contributed by atoms with E-state index in [2.05, 4.69) is 33.0 Å². The molecule has 0 aliphatic carbocycles. The molecule has 3 nitrogen and oxygen atoms in total. The van der Waals surface area contributed by atoms with Crippen molar-refractivity contribution in [1.82, 2.24) is 5.32 Å². The minimum atomic E-state index is -1.39. The Balaban J connectivity index is 4.25. The molecule has 0 amide bonds. The van der Waals surface area contributed by atoms with Gasteiger partial charge >= 0.3 is 5.97 Å². The van der Waals surface area contributed by atoms with E-state index in [0.29, 0.717) is 18.4 Å². The zero-order chi connectivity index (χ0) is 14.2. The fraction of sp³-hybridized carbons (Fsp3) is 0.923. The first-order chi connectivity index (χ1) is 8.29. The van der Waals surface area contributed by atoms with Crippen molar-refractivity contribution in [2.45, 2.75) is 34.6 Å². The maximum absolute atomic E-state index is 11.3. The average Bonchev–Trinajstić information content (AvgIpc) is 2.14. The summed E-state index contributed by atoms with van der Waals surface area (Å²) in [6.45, 7) is 11.4. The first kappa shape index (κ1) is 18.1. The molecule has 0 spiro atoms. The number of ether oxygens (including phenoxy) is 1. The van der Waals surface area contributed by atoms with Gasteiger partial charge in [0, 0.05) is 6.29 Å². The molecule has 1 N–H and O–H groups in total. The van der Waals surface area contributed by atoms with Crippen molar-refractivity contribution in [3.8, 4) is 0 Å². The van der Waals surface area contributed by atoms with Gasteiger partial charge in [0.25, 0.3) is 0 Å². The number of carbonyl (C=O) groups is 1. The summed E-state index contributed by atoms with van der Waals surface area (Å²) in [6.07, 6.45) is 3.02. The van der Waals surface area contributed by atoms with Gasteiger partial charge < -0.3 is 10.1 Å². The van der Waals surface area contributed by atoms with Crippen molar-refractivity contribution in [3.05, 3.63) is 0 Å².